The van der Waals surface area contributed by atoms with E-state index in [0.717, 1.165) is 48.4 Å². The third-order valence-corrected chi connectivity index (χ3v) is 12.1. The topological polar surface area (TPSA) is 254 Å². The zero-order valence-electron chi connectivity index (χ0n) is 37.4. The van der Waals surface area contributed by atoms with Crippen molar-refractivity contribution >= 4 is 21.8 Å². The number of aromatic amines is 2. The summed E-state index contributed by atoms with van der Waals surface area (Å²) >= 11 is 0. The number of aliphatic hydroxyl groups is 4. The van der Waals surface area contributed by atoms with Gasteiger partial charge in [0, 0.05) is 48.4 Å². The maximum atomic E-state index is 12.9. The lowest BCUT2D eigenvalue weighted by atomic mass is 9.99. The van der Waals surface area contributed by atoms with Crippen molar-refractivity contribution in [3.63, 3.8) is 0 Å². The predicted molar refractivity (Wildman–Crippen MR) is 259 cm³/mol. The van der Waals surface area contributed by atoms with E-state index >= 15 is 0 Å². The van der Waals surface area contributed by atoms with Crippen LogP contribution in [0.3, 0.4) is 0 Å². The number of likely N-dealkylation sites (N-methyl/N-ethyl adjacent to an activating group) is 1. The average Bonchev–Trinajstić information content (AvgIpc) is 3.36. The number of nitriles is 2. The molecule has 7 N–H and O–H groups in total. The van der Waals surface area contributed by atoms with Crippen LogP contribution in [0.5, 0.6) is 11.5 Å². The molecule has 0 unspecified atom stereocenters. The molecule has 10 rings (SSSR count). The predicted octanol–water partition coefficient (Wildman–Crippen LogP) is 5.27. The number of aromatic nitrogens is 4. The molecule has 0 radical (unpaired) electrons. The van der Waals surface area contributed by atoms with E-state index in [2.05, 4.69) is 42.3 Å². The molecule has 0 bridgehead atoms. The summed E-state index contributed by atoms with van der Waals surface area (Å²) in [6, 6.07) is 36.5. The lowest BCUT2D eigenvalue weighted by Gasteiger charge is -2.36. The first-order valence-electron chi connectivity index (χ1n) is 22.2. The van der Waals surface area contributed by atoms with Gasteiger partial charge in [-0.1, -0.05) is 36.4 Å². The minimum atomic E-state index is -0.366. The Labute approximate surface area is 395 Å². The molecule has 2 aromatic heterocycles. The van der Waals surface area contributed by atoms with Crippen molar-refractivity contribution in [2.24, 2.45) is 0 Å². The molecule has 2 saturated heterocycles. The van der Waals surface area contributed by atoms with Gasteiger partial charge >= 0.3 is 0 Å². The molecule has 8 aromatic rings. The van der Waals surface area contributed by atoms with Crippen LogP contribution in [0.2, 0.25) is 0 Å². The summed E-state index contributed by atoms with van der Waals surface area (Å²) in [4.78, 5) is 43.0. The lowest BCUT2D eigenvalue weighted by Crippen LogP contribution is -2.51. The van der Waals surface area contributed by atoms with Crippen LogP contribution in [-0.2, 0) is 26.4 Å². The Kier molecular flexibility index (Phi) is 13.4. The maximum absolute atomic E-state index is 12.9. The van der Waals surface area contributed by atoms with E-state index < -0.39 is 0 Å². The Balaban J connectivity index is 0.000000172. The van der Waals surface area contributed by atoms with Crippen LogP contribution in [-0.4, -0.2) is 90.7 Å². The number of hydrogen-bond donors (Lipinski definition) is 7. The standard InChI is InChI=1S/C27H24N4O4.C26H22N4O4/c1-31-12-21(13-31)35-24-7-6-19(10-22(24)18-4-2-16(11-28)3-5-18)26-29-23-9-17(14-32)8-20(15-33)25(23)27(34)30-26;27-10-15-1-3-17(4-2-15)21-9-18(5-6-23(21)34-20-11-28-12-20)25-29-22-8-16(13-31)7-19(14-32)24(22)26(33)30-25/h2-10,21,32-33H,12-15H2,1H3,(H,29,30,34);1-9,20,28,31-32H,11-14H2,(H,29,30,33). The second kappa shape index (κ2) is 20.0. The fraction of sp³-hybridized carbons (Fsp3) is 0.208. The summed E-state index contributed by atoms with van der Waals surface area (Å²) in [6.45, 7) is 2.11. The summed E-state index contributed by atoms with van der Waals surface area (Å²) in [5, 5.41) is 60.6. The summed E-state index contributed by atoms with van der Waals surface area (Å²) in [5.74, 6) is 2.15. The Morgan fingerprint density at radius 1 is 0.580 bits per heavy atom. The van der Waals surface area contributed by atoms with Gasteiger partial charge in [-0.15, -0.1) is 0 Å². The summed E-state index contributed by atoms with van der Waals surface area (Å²) < 4.78 is 12.4. The van der Waals surface area contributed by atoms with Gasteiger partial charge < -0.3 is 45.2 Å². The largest absolute Gasteiger partial charge is 0.487 e. The van der Waals surface area contributed by atoms with E-state index in [1.54, 1.807) is 48.5 Å². The molecule has 16 heteroatoms. The highest BCUT2D eigenvalue weighted by Gasteiger charge is 2.26. The van der Waals surface area contributed by atoms with Gasteiger partial charge in [-0.2, -0.15) is 10.5 Å². The van der Waals surface area contributed by atoms with E-state index in [1.807, 2.05) is 67.7 Å². The molecule has 69 heavy (non-hydrogen) atoms. The Bertz CT molecular complexity index is 3420. The summed E-state index contributed by atoms with van der Waals surface area (Å²) in [6.07, 6.45) is 0.172. The average molecular weight is 923 g/mol. The van der Waals surface area contributed by atoms with Gasteiger partial charge in [0.05, 0.1) is 71.5 Å². The molecule has 0 saturated carbocycles. The van der Waals surface area contributed by atoms with Crippen molar-refractivity contribution in [2.75, 3.05) is 33.2 Å². The molecule has 2 fully saturated rings. The van der Waals surface area contributed by atoms with Crippen molar-refractivity contribution in [1.82, 2.24) is 30.2 Å². The fourth-order valence-electron chi connectivity index (χ4n) is 8.42. The van der Waals surface area contributed by atoms with E-state index in [9.17, 15) is 30.0 Å². The van der Waals surface area contributed by atoms with Crippen LogP contribution in [0.1, 0.15) is 33.4 Å². The molecule has 0 atom stereocenters. The zero-order valence-corrected chi connectivity index (χ0v) is 37.4. The second-order valence-corrected chi connectivity index (χ2v) is 16.9. The molecule has 2 aliphatic rings. The summed E-state index contributed by atoms with van der Waals surface area (Å²) in [5.41, 5.74) is 7.90. The van der Waals surface area contributed by atoms with Gasteiger partial charge in [0.2, 0.25) is 0 Å². The lowest BCUT2D eigenvalue weighted by molar-refractivity contribution is 0.0392. The number of nitrogens with one attached hydrogen (secondary N) is 3. The molecule has 346 valence electrons. The van der Waals surface area contributed by atoms with Gasteiger partial charge in [-0.05, 0) is 113 Å². The second-order valence-electron chi connectivity index (χ2n) is 16.9. The minimum Gasteiger partial charge on any atom is -0.487 e. The van der Waals surface area contributed by atoms with Crippen molar-refractivity contribution in [3.8, 4) is 68.7 Å². The van der Waals surface area contributed by atoms with Crippen molar-refractivity contribution in [3.05, 3.63) is 163 Å². The summed E-state index contributed by atoms with van der Waals surface area (Å²) in [7, 11) is 2.04. The normalized spacial score (nSPS) is 13.7. The van der Waals surface area contributed by atoms with Crippen LogP contribution in [0.4, 0.5) is 0 Å². The molecule has 0 spiro atoms. The van der Waals surface area contributed by atoms with E-state index in [-0.39, 0.29) is 49.8 Å². The maximum Gasteiger partial charge on any atom is 0.259 e. The van der Waals surface area contributed by atoms with Gasteiger partial charge in [-0.3, -0.25) is 14.5 Å². The number of nitrogens with zero attached hydrogens (tertiary/aromatic N) is 5. The number of aliphatic hydroxyl groups excluding tert-OH is 4. The highest BCUT2D eigenvalue weighted by atomic mass is 16.5. The quantitative estimate of drug-likeness (QED) is 0.0825. The van der Waals surface area contributed by atoms with Crippen LogP contribution < -0.4 is 25.9 Å². The Morgan fingerprint density at radius 2 is 1.00 bits per heavy atom. The van der Waals surface area contributed by atoms with E-state index in [1.165, 1.54) is 0 Å². The highest BCUT2D eigenvalue weighted by Crippen LogP contribution is 2.37. The number of fused-ring (bicyclic) bond motifs is 2. The highest BCUT2D eigenvalue weighted by molar-refractivity contribution is 5.86. The number of hydrogen-bond acceptors (Lipinski definition) is 14. The van der Waals surface area contributed by atoms with Crippen LogP contribution in [0.15, 0.2) is 119 Å². The first kappa shape index (κ1) is 46.1. The third kappa shape index (κ3) is 9.71. The molecule has 16 nitrogen and oxygen atoms in total. The number of likely N-dealkylation sites (tertiary alicyclic amines) is 1. The third-order valence-electron chi connectivity index (χ3n) is 12.1. The van der Waals surface area contributed by atoms with Crippen LogP contribution >= 0.6 is 0 Å². The Morgan fingerprint density at radius 3 is 1.36 bits per heavy atom. The first-order chi connectivity index (χ1) is 33.6. The van der Waals surface area contributed by atoms with Crippen molar-refractivity contribution in [1.29, 1.82) is 10.5 Å². The smallest absolute Gasteiger partial charge is 0.259 e. The number of benzene rings is 6. The van der Waals surface area contributed by atoms with E-state index in [4.69, 9.17) is 20.0 Å². The van der Waals surface area contributed by atoms with Crippen LogP contribution in [0, 0.1) is 22.7 Å². The first-order valence-corrected chi connectivity index (χ1v) is 22.2. The van der Waals surface area contributed by atoms with E-state index in [0.29, 0.717) is 89.5 Å². The minimum absolute atomic E-state index is 0.0791. The molecule has 6 aromatic carbocycles. The zero-order chi connectivity index (χ0) is 48.2. The molecule has 2 aliphatic heterocycles. The van der Waals surface area contributed by atoms with Gasteiger partial charge in [0.25, 0.3) is 11.1 Å². The van der Waals surface area contributed by atoms with Gasteiger partial charge in [-0.25, -0.2) is 9.97 Å². The monoisotopic (exact) mass is 922 g/mol. The number of H-pyrrole nitrogens is 2. The van der Waals surface area contributed by atoms with Gasteiger partial charge in [0.15, 0.2) is 0 Å². The van der Waals surface area contributed by atoms with Gasteiger partial charge in [0.1, 0.15) is 35.4 Å². The molecular formula is C53H46N8O8. The van der Waals surface area contributed by atoms with Crippen molar-refractivity contribution < 1.29 is 29.9 Å². The van der Waals surface area contributed by atoms with Crippen molar-refractivity contribution in [2.45, 2.75) is 38.6 Å². The number of rotatable bonds is 12. The SMILES string of the molecule is CN1CC(Oc2ccc(-c3nc4cc(CO)cc(CO)c4c(=O)[nH]3)cc2-c2ccc(C#N)cc2)C1.N#Cc1ccc(-c2cc(-c3nc4cc(CO)cc(CO)c4c(=O)[nH]3)ccc2OC2CNC2)cc1. The molecular weight excluding hydrogens is 877 g/mol. The van der Waals surface area contributed by atoms with Crippen LogP contribution in [0.25, 0.3) is 66.8 Å². The molecule has 4 heterocycles. The molecule has 0 aliphatic carbocycles. The number of ether oxygens (including phenoxy) is 2. The molecule has 0 amide bonds. The fourth-order valence-corrected chi connectivity index (χ4v) is 8.42. The Hall–Kier alpha value is -8.06.